The molecule has 2 heterocycles. The minimum atomic E-state index is -0.0204. The maximum atomic E-state index is 12.4. The molecule has 0 radical (unpaired) electrons. The Morgan fingerprint density at radius 2 is 2.22 bits per heavy atom. The van der Waals surface area contributed by atoms with Gasteiger partial charge in [0.1, 0.15) is 10.8 Å². The lowest BCUT2D eigenvalue weighted by atomic mass is 10.1. The van der Waals surface area contributed by atoms with Crippen LogP contribution < -0.4 is 0 Å². The summed E-state index contributed by atoms with van der Waals surface area (Å²) in [7, 11) is 0. The van der Waals surface area contributed by atoms with Gasteiger partial charge in [-0.3, -0.25) is 4.79 Å². The quantitative estimate of drug-likeness (QED) is 0.828. The van der Waals surface area contributed by atoms with E-state index < -0.39 is 0 Å². The van der Waals surface area contributed by atoms with E-state index in [9.17, 15) is 4.79 Å². The molecule has 18 heavy (non-hydrogen) atoms. The lowest BCUT2D eigenvalue weighted by molar-refractivity contribution is 0.0671. The molecule has 0 spiro atoms. The molecular weight excluding hydrogens is 250 g/mol. The van der Waals surface area contributed by atoms with Crippen LogP contribution in [0.3, 0.4) is 0 Å². The van der Waals surface area contributed by atoms with Gasteiger partial charge in [0, 0.05) is 12.6 Å². The van der Waals surface area contributed by atoms with Crippen LogP contribution in [0.4, 0.5) is 0 Å². The zero-order valence-corrected chi connectivity index (χ0v) is 11.4. The van der Waals surface area contributed by atoms with Crippen LogP contribution in [0.15, 0.2) is 12.4 Å². The summed E-state index contributed by atoms with van der Waals surface area (Å²) >= 11 is 5.69. The molecule has 1 unspecified atom stereocenters. The number of carbonyl (C=O) groups excluding carboxylic acids is 1. The second kappa shape index (κ2) is 6.14. The third-order valence-corrected chi connectivity index (χ3v) is 3.64. The molecule has 0 N–H and O–H groups in total. The van der Waals surface area contributed by atoms with Gasteiger partial charge in [0.15, 0.2) is 0 Å². The van der Waals surface area contributed by atoms with Gasteiger partial charge in [-0.2, -0.15) is 0 Å². The summed E-state index contributed by atoms with van der Waals surface area (Å²) in [5.41, 5.74) is 0.389. The van der Waals surface area contributed by atoms with Gasteiger partial charge in [0.05, 0.1) is 12.4 Å². The molecule has 4 nitrogen and oxygen atoms in total. The first-order chi connectivity index (χ1) is 8.72. The molecule has 1 atom stereocenters. The van der Waals surface area contributed by atoms with E-state index in [-0.39, 0.29) is 5.91 Å². The number of nitrogens with zero attached hydrogens (tertiary/aromatic N) is 3. The van der Waals surface area contributed by atoms with Crippen molar-refractivity contribution in [2.45, 2.75) is 45.1 Å². The molecule has 0 aromatic carbocycles. The third-order valence-electron chi connectivity index (χ3n) is 3.45. The van der Waals surface area contributed by atoms with Gasteiger partial charge in [-0.25, -0.2) is 9.97 Å². The van der Waals surface area contributed by atoms with Crippen LogP contribution in [0.2, 0.25) is 5.15 Å². The van der Waals surface area contributed by atoms with Crippen LogP contribution in [0.25, 0.3) is 0 Å². The normalized spacial score (nSPS) is 20.6. The standard InChI is InChI=1S/C13H18ClN3O/c1-2-10-6-4-3-5-7-17(10)13(18)11-8-16-12(14)9-15-11/h8-10H,2-7H2,1H3. The van der Waals surface area contributed by atoms with Gasteiger partial charge < -0.3 is 4.90 Å². The summed E-state index contributed by atoms with van der Waals surface area (Å²) in [6.45, 7) is 2.95. The summed E-state index contributed by atoms with van der Waals surface area (Å²) < 4.78 is 0. The molecule has 0 aliphatic carbocycles. The van der Waals surface area contributed by atoms with Crippen molar-refractivity contribution in [3.05, 3.63) is 23.2 Å². The van der Waals surface area contributed by atoms with Crippen molar-refractivity contribution < 1.29 is 4.79 Å². The number of halogens is 1. The van der Waals surface area contributed by atoms with E-state index in [0.717, 1.165) is 25.8 Å². The molecule has 1 amide bonds. The molecule has 5 heteroatoms. The molecular formula is C13H18ClN3O. The number of aromatic nitrogens is 2. The number of hydrogen-bond acceptors (Lipinski definition) is 3. The van der Waals surface area contributed by atoms with E-state index in [4.69, 9.17) is 11.6 Å². The smallest absolute Gasteiger partial charge is 0.274 e. The van der Waals surface area contributed by atoms with Crippen molar-refractivity contribution in [1.29, 1.82) is 0 Å². The predicted molar refractivity (Wildman–Crippen MR) is 70.6 cm³/mol. The summed E-state index contributed by atoms with van der Waals surface area (Å²) in [6, 6.07) is 0.331. The first-order valence-corrected chi connectivity index (χ1v) is 6.88. The SMILES string of the molecule is CCC1CCCCCN1C(=O)c1cnc(Cl)cn1. The summed E-state index contributed by atoms with van der Waals surface area (Å²) in [5.74, 6) is -0.0204. The monoisotopic (exact) mass is 267 g/mol. The van der Waals surface area contributed by atoms with Gasteiger partial charge >= 0.3 is 0 Å². The topological polar surface area (TPSA) is 46.1 Å². The number of rotatable bonds is 2. The Balaban J connectivity index is 2.17. The Labute approximate surface area is 112 Å². The molecule has 1 fully saturated rings. The van der Waals surface area contributed by atoms with Crippen molar-refractivity contribution in [2.24, 2.45) is 0 Å². The van der Waals surface area contributed by atoms with E-state index >= 15 is 0 Å². The van der Waals surface area contributed by atoms with Gasteiger partial charge in [0.25, 0.3) is 5.91 Å². The number of likely N-dealkylation sites (tertiary alicyclic amines) is 1. The van der Waals surface area contributed by atoms with Crippen LogP contribution >= 0.6 is 11.6 Å². The molecule has 0 bridgehead atoms. The molecule has 98 valence electrons. The van der Waals surface area contributed by atoms with Crippen LogP contribution in [-0.2, 0) is 0 Å². The number of amides is 1. The summed E-state index contributed by atoms with van der Waals surface area (Å²) in [5, 5.41) is 0.314. The zero-order valence-electron chi connectivity index (χ0n) is 10.6. The van der Waals surface area contributed by atoms with Crippen molar-refractivity contribution in [3.8, 4) is 0 Å². The predicted octanol–water partition coefficient (Wildman–Crippen LogP) is 2.92. The highest BCUT2D eigenvalue weighted by Gasteiger charge is 2.25. The molecule has 1 aromatic rings. The third kappa shape index (κ3) is 2.99. The molecule has 1 saturated heterocycles. The Bertz CT molecular complexity index is 407. The lowest BCUT2D eigenvalue weighted by Crippen LogP contribution is -2.40. The van der Waals surface area contributed by atoms with Crippen molar-refractivity contribution in [3.63, 3.8) is 0 Å². The Hall–Kier alpha value is -1.16. The Kier molecular flexibility index (Phi) is 4.53. The van der Waals surface area contributed by atoms with Crippen LogP contribution in [-0.4, -0.2) is 33.4 Å². The maximum absolute atomic E-state index is 12.4. The molecule has 1 aliphatic rings. The van der Waals surface area contributed by atoms with Crippen molar-refractivity contribution >= 4 is 17.5 Å². The highest BCUT2D eigenvalue weighted by molar-refractivity contribution is 6.29. The van der Waals surface area contributed by atoms with Crippen LogP contribution in [0, 0.1) is 0 Å². The molecule has 1 aliphatic heterocycles. The molecule has 2 rings (SSSR count). The second-order valence-electron chi connectivity index (χ2n) is 4.63. The first kappa shape index (κ1) is 13.3. The van der Waals surface area contributed by atoms with Crippen LogP contribution in [0.5, 0.6) is 0 Å². The number of hydrogen-bond donors (Lipinski definition) is 0. The van der Waals surface area contributed by atoms with Crippen LogP contribution in [0.1, 0.15) is 49.5 Å². The molecule has 1 aromatic heterocycles. The summed E-state index contributed by atoms with van der Waals surface area (Å²) in [6.07, 6.45) is 8.44. The fourth-order valence-corrected chi connectivity index (χ4v) is 2.54. The zero-order chi connectivity index (χ0) is 13.0. The summed E-state index contributed by atoms with van der Waals surface area (Å²) in [4.78, 5) is 22.4. The van der Waals surface area contributed by atoms with Gasteiger partial charge in [-0.1, -0.05) is 31.4 Å². The van der Waals surface area contributed by atoms with E-state index in [0.29, 0.717) is 16.9 Å². The van der Waals surface area contributed by atoms with E-state index in [1.165, 1.54) is 25.2 Å². The minimum absolute atomic E-state index is 0.0204. The van der Waals surface area contributed by atoms with Crippen molar-refractivity contribution in [1.82, 2.24) is 14.9 Å². The average molecular weight is 268 g/mol. The molecule has 0 saturated carbocycles. The van der Waals surface area contributed by atoms with Gasteiger partial charge in [-0.15, -0.1) is 0 Å². The fourth-order valence-electron chi connectivity index (χ4n) is 2.44. The maximum Gasteiger partial charge on any atom is 0.274 e. The minimum Gasteiger partial charge on any atom is -0.334 e. The largest absolute Gasteiger partial charge is 0.334 e. The highest BCUT2D eigenvalue weighted by Crippen LogP contribution is 2.20. The Morgan fingerprint density at radius 3 is 2.89 bits per heavy atom. The van der Waals surface area contributed by atoms with E-state index in [1.54, 1.807) is 0 Å². The highest BCUT2D eigenvalue weighted by atomic mass is 35.5. The number of carbonyl (C=O) groups is 1. The second-order valence-corrected chi connectivity index (χ2v) is 5.02. The van der Waals surface area contributed by atoms with E-state index in [1.807, 2.05) is 4.90 Å². The van der Waals surface area contributed by atoms with Gasteiger partial charge in [0.2, 0.25) is 0 Å². The average Bonchev–Trinajstić information content (AvgIpc) is 2.63. The lowest BCUT2D eigenvalue weighted by Gasteiger charge is -2.28. The first-order valence-electron chi connectivity index (χ1n) is 6.51. The fraction of sp³-hybridized carbons (Fsp3) is 0.615. The Morgan fingerprint density at radius 1 is 1.39 bits per heavy atom. The van der Waals surface area contributed by atoms with Gasteiger partial charge in [-0.05, 0) is 19.3 Å². The van der Waals surface area contributed by atoms with Crippen molar-refractivity contribution in [2.75, 3.05) is 6.54 Å². The van der Waals surface area contributed by atoms with E-state index in [2.05, 4.69) is 16.9 Å².